The standard InChI is InChI=1S/C18H18BrN3O5/c1-25-14-8-11(9-15(26-2)16(14)27-3)10-20-22-18(24)17(23)21-13-6-4-12(19)5-7-13/h4-10H,1-3H3,(H,21,23)(H,22,24)/b20-10+. The number of hydrogen-bond donors (Lipinski definition) is 2. The fourth-order valence-electron chi connectivity index (χ4n) is 2.11. The SMILES string of the molecule is COc1cc(/C=N/NC(=O)C(=O)Nc2ccc(Br)cc2)cc(OC)c1OC. The smallest absolute Gasteiger partial charge is 0.329 e. The number of carbonyl (C=O) groups excluding carboxylic acids is 2. The fourth-order valence-corrected chi connectivity index (χ4v) is 2.38. The van der Waals surface area contributed by atoms with Gasteiger partial charge in [0.05, 0.1) is 27.5 Å². The number of hydrogen-bond acceptors (Lipinski definition) is 6. The third-order valence-electron chi connectivity index (χ3n) is 3.38. The van der Waals surface area contributed by atoms with Gasteiger partial charge in [-0.25, -0.2) is 5.43 Å². The molecule has 0 saturated heterocycles. The van der Waals surface area contributed by atoms with Crippen molar-refractivity contribution >= 4 is 39.6 Å². The van der Waals surface area contributed by atoms with Crippen molar-refractivity contribution in [1.82, 2.24) is 5.43 Å². The first-order valence-electron chi connectivity index (χ1n) is 7.68. The molecule has 2 amide bonds. The minimum atomic E-state index is -0.901. The molecule has 0 aliphatic carbocycles. The maximum Gasteiger partial charge on any atom is 0.329 e. The fraction of sp³-hybridized carbons (Fsp3) is 0.167. The zero-order chi connectivity index (χ0) is 19.8. The molecule has 0 unspecified atom stereocenters. The first-order valence-corrected chi connectivity index (χ1v) is 8.47. The summed E-state index contributed by atoms with van der Waals surface area (Å²) in [5, 5.41) is 6.25. The number of carbonyl (C=O) groups is 2. The number of nitrogens with zero attached hydrogens (tertiary/aromatic N) is 1. The Bertz CT molecular complexity index is 828. The van der Waals surface area contributed by atoms with E-state index in [9.17, 15) is 9.59 Å². The molecule has 8 nitrogen and oxygen atoms in total. The van der Waals surface area contributed by atoms with E-state index in [1.165, 1.54) is 27.5 Å². The summed E-state index contributed by atoms with van der Waals surface area (Å²) in [6, 6.07) is 10.1. The number of rotatable bonds is 6. The molecule has 0 heterocycles. The van der Waals surface area contributed by atoms with Crippen molar-refractivity contribution < 1.29 is 23.8 Å². The zero-order valence-electron chi connectivity index (χ0n) is 14.9. The summed E-state index contributed by atoms with van der Waals surface area (Å²) in [6.45, 7) is 0. The lowest BCUT2D eigenvalue weighted by atomic mass is 10.2. The van der Waals surface area contributed by atoms with E-state index in [0.29, 0.717) is 28.5 Å². The number of benzene rings is 2. The summed E-state index contributed by atoms with van der Waals surface area (Å²) in [5.41, 5.74) is 3.24. The molecule has 0 radical (unpaired) electrons. The van der Waals surface area contributed by atoms with E-state index in [1.807, 2.05) is 0 Å². The van der Waals surface area contributed by atoms with Crippen molar-refractivity contribution in [3.63, 3.8) is 0 Å². The number of hydrazone groups is 1. The van der Waals surface area contributed by atoms with Crippen LogP contribution < -0.4 is 25.0 Å². The molecule has 0 bridgehead atoms. The second kappa shape index (κ2) is 9.58. The van der Waals surface area contributed by atoms with Gasteiger partial charge in [0.2, 0.25) is 5.75 Å². The number of ether oxygens (including phenoxy) is 3. The normalized spacial score (nSPS) is 10.4. The van der Waals surface area contributed by atoms with Crippen LogP contribution in [0.25, 0.3) is 0 Å². The first-order chi connectivity index (χ1) is 13.0. The van der Waals surface area contributed by atoms with Gasteiger partial charge in [0, 0.05) is 15.7 Å². The average Bonchev–Trinajstić information content (AvgIpc) is 2.68. The third-order valence-corrected chi connectivity index (χ3v) is 3.90. The summed E-state index contributed by atoms with van der Waals surface area (Å²) in [7, 11) is 4.48. The number of anilines is 1. The van der Waals surface area contributed by atoms with Gasteiger partial charge in [-0.2, -0.15) is 5.10 Å². The zero-order valence-corrected chi connectivity index (χ0v) is 16.5. The van der Waals surface area contributed by atoms with E-state index >= 15 is 0 Å². The summed E-state index contributed by atoms with van der Waals surface area (Å²) in [5.74, 6) is -0.411. The first kappa shape index (κ1) is 20.2. The van der Waals surface area contributed by atoms with Gasteiger partial charge in [-0.3, -0.25) is 9.59 Å². The Hall–Kier alpha value is -3.07. The van der Waals surface area contributed by atoms with Gasteiger partial charge in [-0.1, -0.05) is 15.9 Å². The summed E-state index contributed by atoms with van der Waals surface area (Å²) in [6.07, 6.45) is 1.36. The maximum atomic E-state index is 11.9. The molecule has 142 valence electrons. The number of halogens is 1. The van der Waals surface area contributed by atoms with Crippen molar-refractivity contribution in [2.24, 2.45) is 5.10 Å². The Morgan fingerprint density at radius 3 is 2.07 bits per heavy atom. The molecular formula is C18H18BrN3O5. The molecule has 0 spiro atoms. The van der Waals surface area contributed by atoms with Gasteiger partial charge in [-0.15, -0.1) is 0 Å². The van der Waals surface area contributed by atoms with Gasteiger partial charge >= 0.3 is 11.8 Å². The second-order valence-corrected chi connectivity index (χ2v) is 6.03. The van der Waals surface area contributed by atoms with Crippen molar-refractivity contribution in [2.75, 3.05) is 26.6 Å². The summed E-state index contributed by atoms with van der Waals surface area (Å²) < 4.78 is 16.6. The van der Waals surface area contributed by atoms with Crippen LogP contribution >= 0.6 is 15.9 Å². The highest BCUT2D eigenvalue weighted by Gasteiger charge is 2.14. The molecule has 0 fully saturated rings. The van der Waals surface area contributed by atoms with Gasteiger partial charge in [-0.05, 0) is 36.4 Å². The topological polar surface area (TPSA) is 98.2 Å². The van der Waals surface area contributed by atoms with E-state index in [-0.39, 0.29) is 0 Å². The maximum absolute atomic E-state index is 11.9. The molecule has 0 aliphatic rings. The lowest BCUT2D eigenvalue weighted by Crippen LogP contribution is -2.32. The van der Waals surface area contributed by atoms with Crippen LogP contribution in [-0.4, -0.2) is 39.4 Å². The second-order valence-electron chi connectivity index (χ2n) is 5.12. The van der Waals surface area contributed by atoms with Crippen molar-refractivity contribution in [3.8, 4) is 17.2 Å². The quantitative estimate of drug-likeness (QED) is 0.412. The molecule has 9 heteroatoms. The highest BCUT2D eigenvalue weighted by molar-refractivity contribution is 9.10. The molecule has 0 saturated carbocycles. The van der Waals surface area contributed by atoms with Gasteiger partial charge in [0.25, 0.3) is 0 Å². The molecule has 2 rings (SSSR count). The molecule has 2 N–H and O–H groups in total. The average molecular weight is 436 g/mol. The molecule has 0 aromatic heterocycles. The van der Waals surface area contributed by atoms with Gasteiger partial charge in [0.1, 0.15) is 0 Å². The van der Waals surface area contributed by atoms with Gasteiger partial charge < -0.3 is 19.5 Å². The monoisotopic (exact) mass is 435 g/mol. The molecule has 27 heavy (non-hydrogen) atoms. The molecule has 2 aromatic carbocycles. The highest BCUT2D eigenvalue weighted by Crippen LogP contribution is 2.37. The Morgan fingerprint density at radius 1 is 0.963 bits per heavy atom. The van der Waals surface area contributed by atoms with Crippen LogP contribution in [0, 0.1) is 0 Å². The molecule has 2 aromatic rings. The predicted molar refractivity (Wildman–Crippen MR) is 105 cm³/mol. The Labute approximate surface area is 164 Å². The van der Waals surface area contributed by atoms with Crippen LogP contribution in [0.15, 0.2) is 46.0 Å². The Kier molecular flexibility index (Phi) is 7.18. The van der Waals surface area contributed by atoms with E-state index in [0.717, 1.165) is 4.47 Å². The summed E-state index contributed by atoms with van der Waals surface area (Å²) >= 11 is 3.29. The van der Waals surface area contributed by atoms with Crippen LogP contribution in [0.4, 0.5) is 5.69 Å². The van der Waals surface area contributed by atoms with Crippen molar-refractivity contribution in [2.45, 2.75) is 0 Å². The summed E-state index contributed by atoms with van der Waals surface area (Å²) in [4.78, 5) is 23.7. The van der Waals surface area contributed by atoms with Crippen LogP contribution in [0.2, 0.25) is 0 Å². The third kappa shape index (κ3) is 5.45. The minimum absolute atomic E-state index is 0.440. The van der Waals surface area contributed by atoms with E-state index in [4.69, 9.17) is 14.2 Å². The van der Waals surface area contributed by atoms with Crippen LogP contribution in [0.5, 0.6) is 17.2 Å². The molecular weight excluding hydrogens is 418 g/mol. The van der Waals surface area contributed by atoms with Crippen LogP contribution in [0.3, 0.4) is 0 Å². The van der Waals surface area contributed by atoms with Crippen LogP contribution in [0.1, 0.15) is 5.56 Å². The lowest BCUT2D eigenvalue weighted by Gasteiger charge is -2.12. The molecule has 0 atom stereocenters. The number of nitrogens with one attached hydrogen (secondary N) is 2. The van der Waals surface area contributed by atoms with Crippen molar-refractivity contribution in [1.29, 1.82) is 0 Å². The van der Waals surface area contributed by atoms with Crippen molar-refractivity contribution in [3.05, 3.63) is 46.4 Å². The van der Waals surface area contributed by atoms with Gasteiger partial charge in [0.15, 0.2) is 11.5 Å². The highest BCUT2D eigenvalue weighted by atomic mass is 79.9. The van der Waals surface area contributed by atoms with E-state index < -0.39 is 11.8 Å². The molecule has 0 aliphatic heterocycles. The number of methoxy groups -OCH3 is 3. The van der Waals surface area contributed by atoms with E-state index in [1.54, 1.807) is 36.4 Å². The lowest BCUT2D eigenvalue weighted by molar-refractivity contribution is -0.136. The predicted octanol–water partition coefficient (Wildman–Crippen LogP) is 2.56. The largest absolute Gasteiger partial charge is 0.493 e. The van der Waals surface area contributed by atoms with Crippen LogP contribution in [-0.2, 0) is 9.59 Å². The minimum Gasteiger partial charge on any atom is -0.493 e. The van der Waals surface area contributed by atoms with E-state index in [2.05, 4.69) is 31.8 Å². The number of amides is 2. The Balaban J connectivity index is 2.02. The Morgan fingerprint density at radius 2 is 1.56 bits per heavy atom.